The number of ether oxygens (including phenoxy) is 1. The monoisotopic (exact) mass is 365 g/mol. The van der Waals surface area contributed by atoms with Crippen molar-refractivity contribution in [1.29, 1.82) is 0 Å². The van der Waals surface area contributed by atoms with Gasteiger partial charge in [0.25, 0.3) is 0 Å². The SMILES string of the molecule is CN=C(N/C=C/C(F)(F)F)c1cc(Oc2ccc(NC)c(N)c2)ccn1. The number of hydrogen-bond donors (Lipinski definition) is 3. The fourth-order valence-electron chi connectivity index (χ4n) is 2.04. The van der Waals surface area contributed by atoms with Gasteiger partial charge in [-0.05, 0) is 18.2 Å². The number of aromatic nitrogens is 1. The molecule has 0 aliphatic rings. The van der Waals surface area contributed by atoms with E-state index in [1.807, 2.05) is 0 Å². The lowest BCUT2D eigenvalue weighted by atomic mass is 10.2. The zero-order valence-corrected chi connectivity index (χ0v) is 14.1. The number of hydrogen-bond acceptors (Lipinski definition) is 5. The van der Waals surface area contributed by atoms with Crippen molar-refractivity contribution >= 4 is 17.2 Å². The summed E-state index contributed by atoms with van der Waals surface area (Å²) in [6, 6.07) is 8.34. The number of aliphatic imine (C=N–C) groups is 1. The molecule has 0 spiro atoms. The van der Waals surface area contributed by atoms with E-state index in [1.165, 1.54) is 13.2 Å². The van der Waals surface area contributed by atoms with Crippen molar-refractivity contribution in [3.63, 3.8) is 0 Å². The van der Waals surface area contributed by atoms with Gasteiger partial charge in [0.15, 0.2) is 5.84 Å². The summed E-state index contributed by atoms with van der Waals surface area (Å²) in [5.74, 6) is 1.12. The van der Waals surface area contributed by atoms with Gasteiger partial charge < -0.3 is 21.1 Å². The molecule has 0 radical (unpaired) electrons. The van der Waals surface area contributed by atoms with Gasteiger partial charge in [-0.3, -0.25) is 9.98 Å². The quantitative estimate of drug-likeness (QED) is 0.429. The maximum absolute atomic E-state index is 12.2. The Morgan fingerprint density at radius 1 is 1.23 bits per heavy atom. The Labute approximate surface area is 148 Å². The summed E-state index contributed by atoms with van der Waals surface area (Å²) in [4.78, 5) is 7.99. The number of halogens is 3. The first-order valence-corrected chi connectivity index (χ1v) is 7.51. The standard InChI is InChI=1S/C17H18F3N5O/c1-22-14-4-3-11(9-13(14)21)26-12-5-7-24-15(10-12)16(23-2)25-8-6-17(18,19)20/h3-10,22H,21H2,1-2H3,(H,23,25)/b8-6+. The molecule has 2 aromatic rings. The molecule has 2 rings (SSSR count). The maximum atomic E-state index is 12.2. The summed E-state index contributed by atoms with van der Waals surface area (Å²) in [6.07, 6.45) is -2.11. The highest BCUT2D eigenvalue weighted by Crippen LogP contribution is 2.27. The zero-order chi connectivity index (χ0) is 19.2. The Bertz CT molecular complexity index is 818. The van der Waals surface area contributed by atoms with Gasteiger partial charge in [0.2, 0.25) is 0 Å². The summed E-state index contributed by atoms with van der Waals surface area (Å²) >= 11 is 0. The van der Waals surface area contributed by atoms with Crippen molar-refractivity contribution in [1.82, 2.24) is 10.3 Å². The minimum Gasteiger partial charge on any atom is -0.457 e. The van der Waals surface area contributed by atoms with Gasteiger partial charge in [0.1, 0.15) is 17.2 Å². The summed E-state index contributed by atoms with van der Waals surface area (Å²) in [5.41, 5.74) is 7.52. The predicted molar refractivity (Wildman–Crippen MR) is 95.5 cm³/mol. The normalized spacial score (nSPS) is 12.3. The summed E-state index contributed by atoms with van der Waals surface area (Å²) in [5, 5.41) is 5.41. The molecule has 0 aliphatic carbocycles. The molecule has 0 fully saturated rings. The van der Waals surface area contributed by atoms with Gasteiger partial charge in [0, 0.05) is 44.7 Å². The van der Waals surface area contributed by atoms with E-state index in [1.54, 1.807) is 37.4 Å². The van der Waals surface area contributed by atoms with E-state index < -0.39 is 6.18 Å². The molecule has 4 N–H and O–H groups in total. The minimum atomic E-state index is -4.41. The second kappa shape index (κ2) is 8.24. The Balaban J connectivity index is 2.16. The van der Waals surface area contributed by atoms with E-state index in [0.29, 0.717) is 22.9 Å². The van der Waals surface area contributed by atoms with Crippen molar-refractivity contribution in [3.05, 3.63) is 54.5 Å². The number of nitrogens with one attached hydrogen (secondary N) is 2. The number of benzene rings is 1. The second-order valence-electron chi connectivity index (χ2n) is 5.07. The molecule has 0 amide bonds. The number of allylic oxidation sites excluding steroid dienone is 1. The third kappa shape index (κ3) is 5.40. The molecule has 9 heteroatoms. The van der Waals surface area contributed by atoms with E-state index >= 15 is 0 Å². The lowest BCUT2D eigenvalue weighted by Gasteiger charge is -2.11. The van der Waals surface area contributed by atoms with E-state index in [2.05, 4.69) is 20.6 Å². The predicted octanol–water partition coefficient (Wildman–Crippen LogP) is 3.54. The maximum Gasteiger partial charge on any atom is 0.411 e. The van der Waals surface area contributed by atoms with Crippen molar-refractivity contribution in [2.75, 3.05) is 25.1 Å². The molecule has 0 aliphatic heterocycles. The molecule has 26 heavy (non-hydrogen) atoms. The highest BCUT2D eigenvalue weighted by Gasteiger charge is 2.22. The van der Waals surface area contributed by atoms with Crippen LogP contribution < -0.4 is 21.1 Å². The number of nitrogen functional groups attached to an aromatic ring is 1. The smallest absolute Gasteiger partial charge is 0.411 e. The van der Waals surface area contributed by atoms with Crippen LogP contribution in [0.3, 0.4) is 0 Å². The minimum absolute atomic E-state index is 0.0740. The molecule has 138 valence electrons. The first-order valence-electron chi connectivity index (χ1n) is 7.51. The molecule has 0 saturated carbocycles. The largest absolute Gasteiger partial charge is 0.457 e. The molecular weight excluding hydrogens is 347 g/mol. The number of amidine groups is 1. The Hall–Kier alpha value is -3.23. The summed E-state index contributed by atoms with van der Waals surface area (Å²) in [6.45, 7) is 0. The first-order chi connectivity index (χ1) is 12.3. The van der Waals surface area contributed by atoms with Crippen LogP contribution in [0.2, 0.25) is 0 Å². The van der Waals surface area contributed by atoms with Crippen molar-refractivity contribution in [2.45, 2.75) is 6.18 Å². The number of alkyl halides is 3. The Kier molecular flexibility index (Phi) is 6.05. The molecule has 0 bridgehead atoms. The summed E-state index contributed by atoms with van der Waals surface area (Å²) < 4.78 is 42.3. The third-order valence-corrected chi connectivity index (χ3v) is 3.22. The number of pyridine rings is 1. The number of rotatable bonds is 5. The number of anilines is 2. The van der Waals surface area contributed by atoms with Gasteiger partial charge in [-0.15, -0.1) is 0 Å². The average Bonchev–Trinajstić information content (AvgIpc) is 2.58. The lowest BCUT2D eigenvalue weighted by molar-refractivity contribution is -0.0800. The third-order valence-electron chi connectivity index (χ3n) is 3.22. The van der Waals surface area contributed by atoms with Crippen LogP contribution in [0.4, 0.5) is 24.5 Å². The molecule has 1 heterocycles. The molecule has 1 aromatic heterocycles. The van der Waals surface area contributed by atoms with E-state index in [0.717, 1.165) is 11.9 Å². The zero-order valence-electron chi connectivity index (χ0n) is 14.1. The summed E-state index contributed by atoms with van der Waals surface area (Å²) in [7, 11) is 3.20. The van der Waals surface area contributed by atoms with Crippen LogP contribution in [-0.4, -0.2) is 31.1 Å². The van der Waals surface area contributed by atoms with Crippen LogP contribution in [0.1, 0.15) is 5.69 Å². The number of nitrogens with zero attached hydrogens (tertiary/aromatic N) is 2. The van der Waals surface area contributed by atoms with Crippen LogP contribution in [0.5, 0.6) is 11.5 Å². The highest BCUT2D eigenvalue weighted by atomic mass is 19.4. The fourth-order valence-corrected chi connectivity index (χ4v) is 2.04. The molecule has 0 unspecified atom stereocenters. The molecule has 0 saturated heterocycles. The molecular formula is C17H18F3N5O. The van der Waals surface area contributed by atoms with Crippen molar-refractivity contribution in [3.8, 4) is 11.5 Å². The van der Waals surface area contributed by atoms with Gasteiger partial charge in [-0.1, -0.05) is 0 Å². The van der Waals surface area contributed by atoms with Crippen LogP contribution >= 0.6 is 0 Å². The van der Waals surface area contributed by atoms with E-state index in [4.69, 9.17) is 10.5 Å². The van der Waals surface area contributed by atoms with Crippen LogP contribution in [-0.2, 0) is 0 Å². The van der Waals surface area contributed by atoms with Crippen LogP contribution in [0.25, 0.3) is 0 Å². The number of nitrogens with two attached hydrogens (primary N) is 1. The Morgan fingerprint density at radius 3 is 2.58 bits per heavy atom. The highest BCUT2D eigenvalue weighted by molar-refractivity contribution is 5.97. The van der Waals surface area contributed by atoms with Gasteiger partial charge in [-0.25, -0.2) is 0 Å². The van der Waals surface area contributed by atoms with Gasteiger partial charge >= 0.3 is 6.18 Å². The average molecular weight is 365 g/mol. The Morgan fingerprint density at radius 2 is 1.96 bits per heavy atom. The first kappa shape index (κ1) is 19.1. The van der Waals surface area contributed by atoms with Gasteiger partial charge in [0.05, 0.1) is 11.4 Å². The topological polar surface area (TPSA) is 84.6 Å². The van der Waals surface area contributed by atoms with Gasteiger partial charge in [-0.2, -0.15) is 13.2 Å². The second-order valence-corrected chi connectivity index (χ2v) is 5.07. The molecule has 6 nitrogen and oxygen atoms in total. The van der Waals surface area contributed by atoms with Crippen molar-refractivity contribution < 1.29 is 17.9 Å². The van der Waals surface area contributed by atoms with Crippen molar-refractivity contribution in [2.24, 2.45) is 4.99 Å². The molecule has 1 aromatic carbocycles. The molecule has 0 atom stereocenters. The fraction of sp³-hybridized carbons (Fsp3) is 0.176. The van der Waals surface area contributed by atoms with E-state index in [9.17, 15) is 13.2 Å². The van der Waals surface area contributed by atoms with Crippen LogP contribution in [0, 0.1) is 0 Å². The lowest BCUT2D eigenvalue weighted by Crippen LogP contribution is -2.21. The van der Waals surface area contributed by atoms with Crippen LogP contribution in [0.15, 0.2) is 53.8 Å². The van der Waals surface area contributed by atoms with E-state index in [-0.39, 0.29) is 11.9 Å².